The Bertz CT molecular complexity index is 1200. The van der Waals surface area contributed by atoms with Gasteiger partial charge in [0.05, 0.1) is 0 Å². The summed E-state index contributed by atoms with van der Waals surface area (Å²) in [6, 6.07) is 0. The molecule has 0 saturated carbocycles. The molecule has 0 spiro atoms. The van der Waals surface area contributed by atoms with Crippen molar-refractivity contribution in [2.45, 2.75) is 101 Å². The van der Waals surface area contributed by atoms with Crippen molar-refractivity contribution in [1.82, 2.24) is 0 Å². The Morgan fingerprint density at radius 3 is 1.77 bits per heavy atom. The highest BCUT2D eigenvalue weighted by atomic mass is 14.3. The third-order valence-corrected chi connectivity index (χ3v) is 8.46. The summed E-state index contributed by atoms with van der Waals surface area (Å²) in [6.45, 7) is 22.7. The second-order valence-electron chi connectivity index (χ2n) is 13.3. The van der Waals surface area contributed by atoms with Crippen LogP contribution in [0.3, 0.4) is 0 Å². The second-order valence-corrected chi connectivity index (χ2v) is 13.3. The van der Waals surface area contributed by atoms with Gasteiger partial charge in [-0.05, 0) is 90.0 Å². The standard InChI is InChI=1S/C40H56/c1-31(19-13-21-33(3)25-27-37-35(5)23-15-29-39(37,7)8)17-11-12-18-32(2)20-14-22-34(4)26-28-38-36(6)24-16-30-40(38,9)10/h11-14,17-23,25-28,37H,15-16,24,29-30H2,1-10H3/b12-11+,19-13+,20-14+,27-25?,28-26+,31-17+,32-18+,33-21+,34-22+/t37-/m0/s1. The lowest BCUT2D eigenvalue weighted by molar-refractivity contribution is 0.255. The van der Waals surface area contributed by atoms with E-state index in [1.165, 1.54) is 65.5 Å². The maximum absolute atomic E-state index is 2.41. The summed E-state index contributed by atoms with van der Waals surface area (Å²) in [5.74, 6) is 0.532. The summed E-state index contributed by atoms with van der Waals surface area (Å²) in [4.78, 5) is 0. The molecule has 2 aliphatic carbocycles. The Labute approximate surface area is 247 Å². The smallest absolute Gasteiger partial charge is 0.00285 e. The lowest BCUT2D eigenvalue weighted by Gasteiger charge is -2.36. The maximum Gasteiger partial charge on any atom is 0.00285 e. The van der Waals surface area contributed by atoms with Crippen molar-refractivity contribution >= 4 is 0 Å². The van der Waals surface area contributed by atoms with Crippen LogP contribution in [0.5, 0.6) is 0 Å². The van der Waals surface area contributed by atoms with Gasteiger partial charge >= 0.3 is 0 Å². The van der Waals surface area contributed by atoms with Gasteiger partial charge in [-0.15, -0.1) is 0 Å². The number of rotatable bonds is 10. The van der Waals surface area contributed by atoms with E-state index in [0.717, 1.165) is 0 Å². The third-order valence-electron chi connectivity index (χ3n) is 8.46. The van der Waals surface area contributed by atoms with Crippen LogP contribution in [0.2, 0.25) is 0 Å². The van der Waals surface area contributed by atoms with Crippen LogP contribution in [-0.2, 0) is 0 Å². The predicted molar refractivity (Wildman–Crippen MR) is 181 cm³/mol. The van der Waals surface area contributed by atoms with Gasteiger partial charge in [-0.1, -0.05) is 152 Å². The molecule has 2 rings (SSSR count). The van der Waals surface area contributed by atoms with Crippen molar-refractivity contribution in [3.05, 3.63) is 130 Å². The van der Waals surface area contributed by atoms with E-state index in [-0.39, 0.29) is 0 Å². The molecule has 0 N–H and O–H groups in total. The first-order valence-electron chi connectivity index (χ1n) is 15.3. The molecule has 0 amide bonds. The van der Waals surface area contributed by atoms with Crippen LogP contribution in [-0.4, -0.2) is 0 Å². The van der Waals surface area contributed by atoms with Crippen LogP contribution in [0.1, 0.15) is 101 Å². The van der Waals surface area contributed by atoms with Gasteiger partial charge in [-0.3, -0.25) is 0 Å². The minimum atomic E-state index is 0.291. The van der Waals surface area contributed by atoms with Gasteiger partial charge < -0.3 is 0 Å². The normalized spacial score (nSPS) is 23.6. The Balaban J connectivity index is 1.88. The fourth-order valence-electron chi connectivity index (χ4n) is 5.80. The molecule has 0 unspecified atom stereocenters. The lowest BCUT2D eigenvalue weighted by atomic mass is 9.68. The fraction of sp³-hybridized carbons (Fsp3) is 0.450. The van der Waals surface area contributed by atoms with Gasteiger partial charge in [0.15, 0.2) is 0 Å². The van der Waals surface area contributed by atoms with Crippen LogP contribution in [0.25, 0.3) is 0 Å². The van der Waals surface area contributed by atoms with E-state index in [1.807, 2.05) is 0 Å². The zero-order valence-electron chi connectivity index (χ0n) is 27.3. The van der Waals surface area contributed by atoms with Crippen LogP contribution in [0.4, 0.5) is 0 Å². The largest absolute Gasteiger partial charge is 0.0850 e. The van der Waals surface area contributed by atoms with E-state index in [1.54, 1.807) is 5.57 Å². The van der Waals surface area contributed by atoms with E-state index in [2.05, 4.69) is 160 Å². The molecule has 2 aliphatic rings. The van der Waals surface area contributed by atoms with Crippen LogP contribution in [0.15, 0.2) is 130 Å². The molecule has 216 valence electrons. The van der Waals surface area contributed by atoms with Crippen molar-refractivity contribution in [2.75, 3.05) is 0 Å². The quantitative estimate of drug-likeness (QED) is 0.192. The fourth-order valence-corrected chi connectivity index (χ4v) is 5.80. The Hall–Kier alpha value is -2.86. The van der Waals surface area contributed by atoms with Gasteiger partial charge in [0.25, 0.3) is 0 Å². The van der Waals surface area contributed by atoms with Crippen LogP contribution >= 0.6 is 0 Å². The highest BCUT2D eigenvalue weighted by molar-refractivity contribution is 5.37. The summed E-state index contributed by atoms with van der Waals surface area (Å²) in [6.07, 6.45) is 39.5. The van der Waals surface area contributed by atoms with Gasteiger partial charge in [0, 0.05) is 5.92 Å². The van der Waals surface area contributed by atoms with E-state index in [4.69, 9.17) is 0 Å². The first kappa shape index (κ1) is 33.3. The molecule has 40 heavy (non-hydrogen) atoms. The molecule has 0 fully saturated rings. The first-order chi connectivity index (χ1) is 18.8. The predicted octanol–water partition coefficient (Wildman–Crippen LogP) is 12.5. The van der Waals surface area contributed by atoms with Gasteiger partial charge in [-0.2, -0.15) is 0 Å². The van der Waals surface area contributed by atoms with Crippen LogP contribution < -0.4 is 0 Å². The van der Waals surface area contributed by atoms with Crippen molar-refractivity contribution < 1.29 is 0 Å². The van der Waals surface area contributed by atoms with E-state index in [9.17, 15) is 0 Å². The minimum Gasteiger partial charge on any atom is -0.0850 e. The first-order valence-corrected chi connectivity index (χ1v) is 15.3. The molecule has 0 radical (unpaired) electrons. The summed E-state index contributed by atoms with van der Waals surface area (Å²) < 4.78 is 0. The average Bonchev–Trinajstić information content (AvgIpc) is 2.85. The summed E-state index contributed by atoms with van der Waals surface area (Å²) in [5, 5.41) is 0. The summed E-state index contributed by atoms with van der Waals surface area (Å²) in [7, 11) is 0. The molecule has 0 heterocycles. The van der Waals surface area contributed by atoms with Crippen molar-refractivity contribution in [3.8, 4) is 0 Å². The molecule has 1 atom stereocenters. The SMILES string of the molecule is CC1=CCCC(C)(C)[C@H]1C=C/C(C)=C/C=C/C(C)=C/C=C/C=C(C)/C=C/C=C(C)/C=C/C1=C(C)CCCC1(C)C. The van der Waals surface area contributed by atoms with Gasteiger partial charge in [-0.25, -0.2) is 0 Å². The number of hydrogen-bond acceptors (Lipinski definition) is 0. The second kappa shape index (κ2) is 15.8. The van der Waals surface area contributed by atoms with E-state index in [0.29, 0.717) is 16.7 Å². The molecule has 0 aromatic carbocycles. The number of hydrogen-bond donors (Lipinski definition) is 0. The van der Waals surface area contributed by atoms with E-state index < -0.39 is 0 Å². The summed E-state index contributed by atoms with van der Waals surface area (Å²) >= 11 is 0. The highest BCUT2D eigenvalue weighted by Crippen LogP contribution is 2.42. The summed E-state index contributed by atoms with van der Waals surface area (Å²) in [5.41, 5.74) is 10.2. The monoisotopic (exact) mass is 536 g/mol. The Morgan fingerprint density at radius 1 is 0.700 bits per heavy atom. The topological polar surface area (TPSA) is 0 Å². The zero-order chi connectivity index (χ0) is 29.8. The molecule has 0 aromatic rings. The Kier molecular flexibility index (Phi) is 13.2. The molecule has 0 saturated heterocycles. The lowest BCUT2D eigenvalue weighted by Crippen LogP contribution is -2.26. The van der Waals surface area contributed by atoms with Crippen molar-refractivity contribution in [1.29, 1.82) is 0 Å². The molecular weight excluding hydrogens is 480 g/mol. The van der Waals surface area contributed by atoms with Crippen molar-refractivity contribution in [2.24, 2.45) is 16.7 Å². The number of allylic oxidation sites excluding steroid dienone is 22. The molecule has 0 aromatic heterocycles. The molecule has 0 bridgehead atoms. The van der Waals surface area contributed by atoms with E-state index >= 15 is 0 Å². The highest BCUT2D eigenvalue weighted by Gasteiger charge is 2.30. The zero-order valence-corrected chi connectivity index (χ0v) is 27.3. The van der Waals surface area contributed by atoms with Crippen molar-refractivity contribution in [3.63, 3.8) is 0 Å². The van der Waals surface area contributed by atoms with Gasteiger partial charge in [0.1, 0.15) is 0 Å². The maximum atomic E-state index is 2.41. The average molecular weight is 537 g/mol. The Morgan fingerprint density at radius 2 is 1.23 bits per heavy atom. The third kappa shape index (κ3) is 11.3. The molecule has 0 aliphatic heterocycles. The molecule has 0 heteroatoms. The molecular formula is C40H56. The van der Waals surface area contributed by atoms with Crippen LogP contribution in [0, 0.1) is 16.7 Å². The minimum absolute atomic E-state index is 0.291. The molecule has 0 nitrogen and oxygen atoms in total. The van der Waals surface area contributed by atoms with Gasteiger partial charge in [0.2, 0.25) is 0 Å².